The van der Waals surface area contributed by atoms with Crippen LogP contribution in [0.5, 0.6) is 0 Å². The van der Waals surface area contributed by atoms with Gasteiger partial charge in [-0.25, -0.2) is 0 Å². The highest BCUT2D eigenvalue weighted by Crippen LogP contribution is 2.22. The van der Waals surface area contributed by atoms with Crippen LogP contribution in [-0.4, -0.2) is 18.5 Å². The van der Waals surface area contributed by atoms with Crippen LogP contribution in [0.15, 0.2) is 24.3 Å². The Bertz CT molecular complexity index is 406. The zero-order valence-corrected chi connectivity index (χ0v) is 13.5. The van der Waals surface area contributed by atoms with Gasteiger partial charge in [-0.1, -0.05) is 58.4 Å². The molecule has 112 valence electrons. The van der Waals surface area contributed by atoms with Crippen LogP contribution in [0.4, 0.5) is 0 Å². The van der Waals surface area contributed by atoms with Crippen molar-refractivity contribution < 1.29 is 9.53 Å². The molecule has 0 radical (unpaired) electrons. The number of carbonyl (C=O) groups is 1. The summed E-state index contributed by atoms with van der Waals surface area (Å²) in [6, 6.07) is 8.37. The summed E-state index contributed by atoms with van der Waals surface area (Å²) in [6.07, 6.45) is 2.01. The molecule has 0 fully saturated rings. The largest absolute Gasteiger partial charge is 0.371 e. The van der Waals surface area contributed by atoms with Crippen LogP contribution in [0, 0.1) is 0 Å². The average molecular weight is 276 g/mol. The van der Waals surface area contributed by atoms with Gasteiger partial charge in [0.1, 0.15) is 6.10 Å². The van der Waals surface area contributed by atoms with Crippen LogP contribution < -0.4 is 0 Å². The van der Waals surface area contributed by atoms with Gasteiger partial charge < -0.3 is 4.74 Å². The summed E-state index contributed by atoms with van der Waals surface area (Å²) in [5.74, 6) is 0.192. The van der Waals surface area contributed by atoms with Crippen LogP contribution in [0.1, 0.15) is 58.6 Å². The lowest BCUT2D eigenvalue weighted by atomic mass is 9.86. The second-order valence-corrected chi connectivity index (χ2v) is 6.32. The van der Waals surface area contributed by atoms with E-state index in [1.807, 2.05) is 6.92 Å². The van der Waals surface area contributed by atoms with Crippen molar-refractivity contribution in [1.29, 1.82) is 0 Å². The molecule has 1 rings (SSSR count). The molecule has 2 heteroatoms. The molecular formula is C18H28O2. The molecule has 0 saturated carbocycles. The van der Waals surface area contributed by atoms with Crippen molar-refractivity contribution in [2.24, 2.45) is 0 Å². The normalized spacial score (nSPS) is 13.2. The Labute approximate surface area is 123 Å². The van der Waals surface area contributed by atoms with Crippen LogP contribution in [0.3, 0.4) is 0 Å². The molecule has 0 spiro atoms. The predicted octanol–water partition coefficient (Wildman–Crippen LogP) is 4.30. The summed E-state index contributed by atoms with van der Waals surface area (Å²) in [4.78, 5) is 12.2. The van der Waals surface area contributed by atoms with Gasteiger partial charge in [0.15, 0.2) is 5.78 Å². The highest BCUT2D eigenvalue weighted by Gasteiger charge is 2.18. The fourth-order valence-electron chi connectivity index (χ4n) is 2.24. The molecule has 2 nitrogen and oxygen atoms in total. The molecule has 0 aliphatic carbocycles. The zero-order chi connectivity index (χ0) is 15.2. The van der Waals surface area contributed by atoms with E-state index in [1.165, 1.54) is 5.56 Å². The van der Waals surface area contributed by atoms with Crippen LogP contribution in [-0.2, 0) is 21.4 Å². The van der Waals surface area contributed by atoms with Crippen molar-refractivity contribution in [2.45, 2.75) is 65.4 Å². The molecule has 1 atom stereocenters. The monoisotopic (exact) mass is 276 g/mol. The number of Topliss-reactive ketones (excluding diaryl/α,β-unsaturated/α-hetero) is 1. The Hall–Kier alpha value is -1.15. The first-order valence-corrected chi connectivity index (χ1v) is 7.62. The molecule has 0 heterocycles. The predicted molar refractivity (Wildman–Crippen MR) is 84.2 cm³/mol. The summed E-state index contributed by atoms with van der Waals surface area (Å²) in [5.41, 5.74) is 2.52. The van der Waals surface area contributed by atoms with Crippen molar-refractivity contribution in [3.8, 4) is 0 Å². The van der Waals surface area contributed by atoms with Gasteiger partial charge >= 0.3 is 0 Å². The Morgan fingerprint density at radius 1 is 1.15 bits per heavy atom. The maximum Gasteiger partial charge on any atom is 0.165 e. The maximum atomic E-state index is 12.2. The number of carbonyl (C=O) groups excluding carboxylic acids is 1. The minimum absolute atomic E-state index is 0.151. The molecule has 20 heavy (non-hydrogen) atoms. The summed E-state index contributed by atoms with van der Waals surface area (Å²) >= 11 is 0. The number of hydrogen-bond acceptors (Lipinski definition) is 2. The van der Waals surface area contributed by atoms with Crippen molar-refractivity contribution >= 4 is 5.78 Å². The van der Waals surface area contributed by atoms with Crippen molar-refractivity contribution in [3.63, 3.8) is 0 Å². The molecule has 0 amide bonds. The molecule has 0 aliphatic rings. The molecule has 0 aliphatic heterocycles. The summed E-state index contributed by atoms with van der Waals surface area (Å²) < 4.78 is 5.54. The van der Waals surface area contributed by atoms with Crippen LogP contribution in [0.2, 0.25) is 0 Å². The summed E-state index contributed by atoms with van der Waals surface area (Å²) in [5, 5.41) is 0. The van der Waals surface area contributed by atoms with E-state index in [0.717, 1.165) is 18.4 Å². The van der Waals surface area contributed by atoms with E-state index in [4.69, 9.17) is 4.74 Å². The number of ketones is 1. The number of ether oxygens (including phenoxy) is 1. The molecule has 0 bridgehead atoms. The third kappa shape index (κ3) is 5.09. The van der Waals surface area contributed by atoms with E-state index >= 15 is 0 Å². The Kier molecular flexibility index (Phi) is 6.41. The third-order valence-corrected chi connectivity index (χ3v) is 3.48. The van der Waals surface area contributed by atoms with Crippen molar-refractivity contribution in [2.75, 3.05) is 6.61 Å². The lowest BCUT2D eigenvalue weighted by molar-refractivity contribution is -0.130. The van der Waals surface area contributed by atoms with Gasteiger partial charge in [-0.2, -0.15) is 0 Å². The SMILES string of the molecule is CCCC(OCC)C(=O)Cc1ccc(C(C)(C)C)cc1. The van der Waals surface area contributed by atoms with E-state index in [0.29, 0.717) is 13.0 Å². The second kappa shape index (κ2) is 7.58. The molecule has 0 saturated heterocycles. The summed E-state index contributed by atoms with van der Waals surface area (Å²) in [6.45, 7) is 11.2. The lowest BCUT2D eigenvalue weighted by Crippen LogP contribution is -2.26. The Morgan fingerprint density at radius 3 is 2.20 bits per heavy atom. The Balaban J connectivity index is 2.70. The van der Waals surface area contributed by atoms with E-state index < -0.39 is 0 Å². The molecule has 0 N–H and O–H groups in total. The minimum atomic E-state index is -0.243. The first-order chi connectivity index (χ1) is 9.38. The highest BCUT2D eigenvalue weighted by molar-refractivity contribution is 5.85. The standard InChI is InChI=1S/C18H28O2/c1-6-8-17(20-7-2)16(19)13-14-9-11-15(12-10-14)18(3,4)5/h9-12,17H,6-8,13H2,1-5H3. The summed E-state index contributed by atoms with van der Waals surface area (Å²) in [7, 11) is 0. The topological polar surface area (TPSA) is 26.3 Å². The second-order valence-electron chi connectivity index (χ2n) is 6.32. The lowest BCUT2D eigenvalue weighted by Gasteiger charge is -2.19. The van der Waals surface area contributed by atoms with E-state index in [1.54, 1.807) is 0 Å². The van der Waals surface area contributed by atoms with Gasteiger partial charge in [-0.15, -0.1) is 0 Å². The quantitative estimate of drug-likeness (QED) is 0.742. The first-order valence-electron chi connectivity index (χ1n) is 7.62. The molecule has 1 aromatic rings. The third-order valence-electron chi connectivity index (χ3n) is 3.48. The first kappa shape index (κ1) is 16.9. The molecule has 1 unspecified atom stereocenters. The van der Waals surface area contributed by atoms with Gasteiger partial charge in [-0.3, -0.25) is 4.79 Å². The van der Waals surface area contributed by atoms with Gasteiger partial charge in [0.05, 0.1) is 0 Å². The highest BCUT2D eigenvalue weighted by atomic mass is 16.5. The van der Waals surface area contributed by atoms with Crippen LogP contribution >= 0.6 is 0 Å². The van der Waals surface area contributed by atoms with Gasteiger partial charge in [0.2, 0.25) is 0 Å². The molecular weight excluding hydrogens is 248 g/mol. The number of hydrogen-bond donors (Lipinski definition) is 0. The Morgan fingerprint density at radius 2 is 1.75 bits per heavy atom. The zero-order valence-electron chi connectivity index (χ0n) is 13.5. The number of benzene rings is 1. The van der Waals surface area contributed by atoms with Gasteiger partial charge in [0.25, 0.3) is 0 Å². The van der Waals surface area contributed by atoms with E-state index in [9.17, 15) is 4.79 Å². The maximum absolute atomic E-state index is 12.2. The minimum Gasteiger partial charge on any atom is -0.371 e. The fourth-order valence-corrected chi connectivity index (χ4v) is 2.24. The average Bonchev–Trinajstić information content (AvgIpc) is 2.38. The fraction of sp³-hybridized carbons (Fsp3) is 0.611. The molecule has 0 aromatic heterocycles. The smallest absolute Gasteiger partial charge is 0.165 e. The van der Waals surface area contributed by atoms with E-state index in [-0.39, 0.29) is 17.3 Å². The van der Waals surface area contributed by atoms with Gasteiger partial charge in [-0.05, 0) is 29.9 Å². The molecule has 1 aromatic carbocycles. The van der Waals surface area contributed by atoms with Crippen molar-refractivity contribution in [3.05, 3.63) is 35.4 Å². The van der Waals surface area contributed by atoms with Crippen LogP contribution in [0.25, 0.3) is 0 Å². The number of rotatable bonds is 7. The van der Waals surface area contributed by atoms with E-state index in [2.05, 4.69) is 52.0 Å². The van der Waals surface area contributed by atoms with Crippen molar-refractivity contribution in [1.82, 2.24) is 0 Å². The van der Waals surface area contributed by atoms with Gasteiger partial charge in [0, 0.05) is 13.0 Å².